The summed E-state index contributed by atoms with van der Waals surface area (Å²) in [5.41, 5.74) is 1.67. The Morgan fingerprint density at radius 3 is 2.67 bits per heavy atom. The number of amides is 2. The van der Waals surface area contributed by atoms with Gasteiger partial charge in [-0.2, -0.15) is 5.10 Å². The number of hydrogen-bond acceptors (Lipinski definition) is 10. The lowest BCUT2D eigenvalue weighted by atomic mass is 10.1. The molecular formula is C26H36N10O3. The van der Waals surface area contributed by atoms with Gasteiger partial charge in [-0.05, 0) is 25.6 Å². The van der Waals surface area contributed by atoms with Crippen LogP contribution >= 0.6 is 0 Å². The number of carbonyl (C=O) groups is 2. The zero-order valence-electron chi connectivity index (χ0n) is 23.1. The first-order valence-corrected chi connectivity index (χ1v) is 13.0. The maximum atomic E-state index is 12.8. The topological polar surface area (TPSA) is 142 Å². The van der Waals surface area contributed by atoms with Crippen LogP contribution in [0.4, 0.5) is 17.2 Å². The van der Waals surface area contributed by atoms with Gasteiger partial charge in [0.05, 0.1) is 24.0 Å². The van der Waals surface area contributed by atoms with Crippen molar-refractivity contribution in [3.05, 3.63) is 36.3 Å². The largest absolute Gasteiger partial charge is 0.494 e. The van der Waals surface area contributed by atoms with Crippen molar-refractivity contribution in [3.8, 4) is 17.1 Å². The first-order chi connectivity index (χ1) is 18.8. The first kappa shape index (κ1) is 27.9. The second kappa shape index (κ2) is 12.6. The SMILES string of the molecule is CCN1CCN(CCC(=O)Nc2cc(Nc3cccc(-c4ncn(C)n4)c3OC)c(C(=O)NC)nn2)CC1C. The molecule has 3 heterocycles. The van der Waals surface area contributed by atoms with E-state index in [4.69, 9.17) is 4.74 Å². The zero-order chi connectivity index (χ0) is 27.9. The van der Waals surface area contributed by atoms with Gasteiger partial charge in [-0.25, -0.2) is 4.98 Å². The molecule has 1 aliphatic rings. The van der Waals surface area contributed by atoms with E-state index in [9.17, 15) is 9.59 Å². The van der Waals surface area contributed by atoms with E-state index in [2.05, 4.69) is 59.9 Å². The number of benzene rings is 1. The average molecular weight is 537 g/mol. The fraction of sp³-hybridized carbons (Fsp3) is 0.462. The van der Waals surface area contributed by atoms with Crippen LogP contribution in [0.2, 0.25) is 0 Å². The highest BCUT2D eigenvalue weighted by atomic mass is 16.5. The molecule has 2 amide bonds. The highest BCUT2D eigenvalue weighted by Gasteiger charge is 2.23. The van der Waals surface area contributed by atoms with Gasteiger partial charge in [0, 0.05) is 58.8 Å². The number of anilines is 3. The van der Waals surface area contributed by atoms with E-state index < -0.39 is 5.91 Å². The highest BCUT2D eigenvalue weighted by molar-refractivity contribution is 5.99. The predicted molar refractivity (Wildman–Crippen MR) is 148 cm³/mol. The summed E-state index contributed by atoms with van der Waals surface area (Å²) in [6, 6.07) is 7.53. The molecule has 4 rings (SSSR count). The maximum Gasteiger partial charge on any atom is 0.273 e. The molecule has 0 aliphatic carbocycles. The van der Waals surface area contributed by atoms with Crippen molar-refractivity contribution < 1.29 is 14.3 Å². The first-order valence-electron chi connectivity index (χ1n) is 13.0. The Bertz CT molecular complexity index is 1310. The Kier molecular flexibility index (Phi) is 9.04. The zero-order valence-corrected chi connectivity index (χ0v) is 23.1. The summed E-state index contributed by atoms with van der Waals surface area (Å²) >= 11 is 0. The monoisotopic (exact) mass is 536 g/mol. The van der Waals surface area contributed by atoms with Crippen molar-refractivity contribution >= 4 is 29.0 Å². The van der Waals surface area contributed by atoms with E-state index in [0.717, 1.165) is 26.2 Å². The predicted octanol–water partition coefficient (Wildman–Crippen LogP) is 1.74. The number of methoxy groups -OCH3 is 1. The molecule has 0 radical (unpaired) electrons. The molecule has 1 fully saturated rings. The second-order valence-electron chi connectivity index (χ2n) is 9.40. The molecule has 0 bridgehead atoms. The molecule has 1 unspecified atom stereocenters. The third kappa shape index (κ3) is 6.67. The number of rotatable bonds is 10. The van der Waals surface area contributed by atoms with Crippen molar-refractivity contribution in [3.63, 3.8) is 0 Å². The normalized spacial score (nSPS) is 16.1. The molecule has 208 valence electrons. The molecule has 1 atom stereocenters. The molecule has 3 N–H and O–H groups in total. The molecule has 1 saturated heterocycles. The number of aromatic nitrogens is 5. The van der Waals surface area contributed by atoms with Crippen molar-refractivity contribution in [2.24, 2.45) is 7.05 Å². The van der Waals surface area contributed by atoms with Gasteiger partial charge >= 0.3 is 0 Å². The summed E-state index contributed by atoms with van der Waals surface area (Å²) in [4.78, 5) is 34.4. The van der Waals surface area contributed by atoms with Gasteiger partial charge in [0.2, 0.25) is 5.91 Å². The number of piperazine rings is 1. The molecule has 0 spiro atoms. The summed E-state index contributed by atoms with van der Waals surface area (Å²) in [6.45, 7) is 8.96. The minimum absolute atomic E-state index is 0.0710. The summed E-state index contributed by atoms with van der Waals surface area (Å²) < 4.78 is 7.28. The third-order valence-corrected chi connectivity index (χ3v) is 6.74. The van der Waals surface area contributed by atoms with E-state index in [1.54, 1.807) is 37.3 Å². The molecule has 13 heteroatoms. The molecule has 13 nitrogen and oxygen atoms in total. The number of carbonyl (C=O) groups excluding carboxylic acids is 2. The van der Waals surface area contributed by atoms with E-state index in [1.807, 2.05) is 12.1 Å². The van der Waals surface area contributed by atoms with Crippen molar-refractivity contribution in [2.75, 3.05) is 57.5 Å². The minimum Gasteiger partial charge on any atom is -0.494 e. The number of nitrogens with zero attached hydrogens (tertiary/aromatic N) is 7. The number of hydrogen-bond donors (Lipinski definition) is 3. The van der Waals surface area contributed by atoms with Gasteiger partial charge in [0.25, 0.3) is 5.91 Å². The number of likely N-dealkylation sites (N-methyl/N-ethyl adjacent to an activating group) is 1. The lowest BCUT2D eigenvalue weighted by Gasteiger charge is -2.39. The van der Waals surface area contributed by atoms with Gasteiger partial charge in [-0.15, -0.1) is 10.2 Å². The molecule has 3 aromatic rings. The Morgan fingerprint density at radius 2 is 2.00 bits per heavy atom. The molecule has 2 aromatic heterocycles. The molecular weight excluding hydrogens is 500 g/mol. The van der Waals surface area contributed by atoms with Crippen LogP contribution < -0.4 is 20.7 Å². The minimum atomic E-state index is -0.426. The van der Waals surface area contributed by atoms with E-state index in [1.165, 1.54) is 7.05 Å². The van der Waals surface area contributed by atoms with Crippen molar-refractivity contribution in [1.29, 1.82) is 0 Å². The highest BCUT2D eigenvalue weighted by Crippen LogP contribution is 2.37. The van der Waals surface area contributed by atoms with Crippen LogP contribution in [0.5, 0.6) is 5.75 Å². The average Bonchev–Trinajstić information content (AvgIpc) is 3.37. The Labute approximate surface area is 227 Å². The second-order valence-corrected chi connectivity index (χ2v) is 9.40. The smallest absolute Gasteiger partial charge is 0.273 e. The summed E-state index contributed by atoms with van der Waals surface area (Å²) in [5.74, 6) is 0.627. The number of ether oxygens (including phenoxy) is 1. The molecule has 1 aromatic carbocycles. The van der Waals surface area contributed by atoms with Crippen molar-refractivity contribution in [2.45, 2.75) is 26.3 Å². The number of aryl methyl sites for hydroxylation is 1. The fourth-order valence-corrected chi connectivity index (χ4v) is 4.68. The molecule has 39 heavy (non-hydrogen) atoms. The fourth-order valence-electron chi connectivity index (χ4n) is 4.68. The van der Waals surface area contributed by atoms with Gasteiger partial charge in [0.15, 0.2) is 23.1 Å². The van der Waals surface area contributed by atoms with E-state index in [0.29, 0.717) is 47.5 Å². The van der Waals surface area contributed by atoms with Gasteiger partial charge in [0.1, 0.15) is 6.33 Å². The Morgan fingerprint density at radius 1 is 1.18 bits per heavy atom. The van der Waals surface area contributed by atoms with Crippen LogP contribution in [-0.4, -0.2) is 99.5 Å². The van der Waals surface area contributed by atoms with Gasteiger partial charge in [-0.3, -0.25) is 19.2 Å². The lowest BCUT2D eigenvalue weighted by molar-refractivity contribution is -0.116. The van der Waals surface area contributed by atoms with E-state index in [-0.39, 0.29) is 17.4 Å². The molecule has 1 aliphatic heterocycles. The standard InChI is InChI=1S/C26H36N10O3/c1-6-36-13-12-35(15-17(36)2)11-10-22(37)30-21-14-20(23(32-31-21)26(38)27-3)29-19-9-7-8-18(24(19)39-5)25-28-16-34(4)33-25/h7-9,14,16-17H,6,10-13,15H2,1-5H3,(H,27,38)(H2,29,30,31,37). The Balaban J connectivity index is 1.51. The third-order valence-electron chi connectivity index (χ3n) is 6.74. The summed E-state index contributed by atoms with van der Waals surface area (Å²) in [7, 11) is 4.84. The van der Waals surface area contributed by atoms with Gasteiger partial charge < -0.3 is 25.6 Å². The van der Waals surface area contributed by atoms with Crippen LogP contribution in [0.3, 0.4) is 0 Å². The lowest BCUT2D eigenvalue weighted by Crippen LogP contribution is -2.52. The number of para-hydroxylation sites is 1. The molecule has 0 saturated carbocycles. The maximum absolute atomic E-state index is 12.8. The quantitative estimate of drug-likeness (QED) is 0.351. The van der Waals surface area contributed by atoms with Crippen LogP contribution in [-0.2, 0) is 11.8 Å². The van der Waals surface area contributed by atoms with Crippen LogP contribution in [0.1, 0.15) is 30.8 Å². The van der Waals surface area contributed by atoms with Gasteiger partial charge in [-0.1, -0.05) is 13.0 Å². The van der Waals surface area contributed by atoms with Crippen LogP contribution in [0.15, 0.2) is 30.6 Å². The van der Waals surface area contributed by atoms with Crippen LogP contribution in [0.25, 0.3) is 11.4 Å². The summed E-state index contributed by atoms with van der Waals surface area (Å²) in [6.07, 6.45) is 1.93. The Hall–Kier alpha value is -4.10. The van der Waals surface area contributed by atoms with Crippen LogP contribution in [0, 0.1) is 0 Å². The number of nitrogens with one attached hydrogen (secondary N) is 3. The van der Waals surface area contributed by atoms with Crippen molar-refractivity contribution in [1.82, 2.24) is 40.1 Å². The summed E-state index contributed by atoms with van der Waals surface area (Å²) in [5, 5.41) is 21.1. The van der Waals surface area contributed by atoms with E-state index >= 15 is 0 Å².